The van der Waals surface area contributed by atoms with E-state index in [0.717, 1.165) is 7.11 Å². The van der Waals surface area contributed by atoms with Crippen LogP contribution in [0, 0.1) is 0 Å². The predicted molar refractivity (Wildman–Crippen MR) is 112 cm³/mol. The number of hydrogen-bond donors (Lipinski definition) is 2. The molecule has 0 bridgehead atoms. The molecule has 0 spiro atoms. The van der Waals surface area contributed by atoms with Gasteiger partial charge in [-0.3, -0.25) is 0 Å². The van der Waals surface area contributed by atoms with Gasteiger partial charge in [-0.25, -0.2) is 0 Å². The summed E-state index contributed by atoms with van der Waals surface area (Å²) in [6.07, 6.45) is 0. The van der Waals surface area contributed by atoms with E-state index in [0.29, 0.717) is 11.7 Å². The van der Waals surface area contributed by atoms with E-state index < -0.39 is 0 Å². The molecule has 2 aromatic rings. The highest BCUT2D eigenvalue weighted by atomic mass is 16.3. The molecule has 2 heteroatoms. The second-order valence-corrected chi connectivity index (χ2v) is 5.95. The van der Waals surface area contributed by atoms with Crippen molar-refractivity contribution in [2.75, 3.05) is 7.11 Å². The molecule has 0 unspecified atom stereocenters. The Morgan fingerprint density at radius 1 is 0.680 bits per heavy atom. The molecule has 0 aliphatic rings. The van der Waals surface area contributed by atoms with E-state index in [-0.39, 0.29) is 5.41 Å². The summed E-state index contributed by atoms with van der Waals surface area (Å²) in [6, 6.07) is 16.3. The van der Waals surface area contributed by atoms with Crippen molar-refractivity contribution in [1.29, 1.82) is 0 Å². The zero-order chi connectivity index (χ0) is 20.0. The molecular formula is C23H38O2. The van der Waals surface area contributed by atoms with Crippen molar-refractivity contribution in [3.63, 3.8) is 0 Å². The normalized spacial score (nSPS) is 9.72. The smallest absolute Gasteiger partial charge is 0.115 e. The molecular weight excluding hydrogens is 308 g/mol. The highest BCUT2D eigenvalue weighted by Gasteiger charge is 2.22. The Morgan fingerprint density at radius 3 is 1.32 bits per heavy atom. The molecule has 0 aromatic heterocycles. The van der Waals surface area contributed by atoms with Crippen LogP contribution in [0.5, 0.6) is 5.75 Å². The summed E-state index contributed by atoms with van der Waals surface area (Å²) in [6.45, 7) is 16.8. The number of hydrogen-bond acceptors (Lipinski definition) is 2. The lowest BCUT2D eigenvalue weighted by Crippen LogP contribution is -2.18. The molecule has 0 aliphatic heterocycles. The minimum absolute atomic E-state index is 0.0524. The van der Waals surface area contributed by atoms with Gasteiger partial charge in [-0.1, -0.05) is 91.8 Å². The number of phenols is 1. The molecule has 0 amide bonds. The summed E-state index contributed by atoms with van der Waals surface area (Å²) < 4.78 is 0. The van der Waals surface area contributed by atoms with Gasteiger partial charge in [0.25, 0.3) is 0 Å². The van der Waals surface area contributed by atoms with Crippen LogP contribution in [0.4, 0.5) is 0 Å². The van der Waals surface area contributed by atoms with Gasteiger partial charge in [0, 0.05) is 12.5 Å². The molecule has 2 rings (SSSR count). The zero-order valence-electron chi connectivity index (χ0n) is 17.6. The standard InChI is InChI=1S/C18H22O.2C2H6.CH4O/c1-13(2)14-5-7-15(8-6-14)18(3,4)16-9-11-17(19)12-10-16;3*1-2/h5-13,19H,1-4H3;2*1-2H3;2H,1H3. The number of benzene rings is 2. The quantitative estimate of drug-likeness (QED) is 0.665. The lowest BCUT2D eigenvalue weighted by atomic mass is 9.77. The van der Waals surface area contributed by atoms with Gasteiger partial charge >= 0.3 is 0 Å². The maximum atomic E-state index is 9.39. The molecule has 0 atom stereocenters. The third-order valence-corrected chi connectivity index (χ3v) is 3.89. The number of phenolic OH excluding ortho intramolecular Hbond substituents is 1. The minimum atomic E-state index is -0.0524. The number of aromatic hydroxyl groups is 1. The van der Waals surface area contributed by atoms with Crippen LogP contribution in [-0.4, -0.2) is 17.3 Å². The summed E-state index contributed by atoms with van der Waals surface area (Å²) >= 11 is 0. The summed E-state index contributed by atoms with van der Waals surface area (Å²) in [4.78, 5) is 0. The van der Waals surface area contributed by atoms with Crippen LogP contribution in [0.15, 0.2) is 48.5 Å². The van der Waals surface area contributed by atoms with Crippen molar-refractivity contribution in [2.24, 2.45) is 0 Å². The maximum absolute atomic E-state index is 9.39. The van der Waals surface area contributed by atoms with Crippen molar-refractivity contribution in [3.05, 3.63) is 65.2 Å². The SMILES string of the molecule is CC.CC.CC(C)c1ccc(C(C)(C)c2ccc(O)cc2)cc1.CO. The number of aliphatic hydroxyl groups is 1. The summed E-state index contributed by atoms with van der Waals surface area (Å²) in [5.41, 5.74) is 3.82. The van der Waals surface area contributed by atoms with E-state index in [1.165, 1.54) is 16.7 Å². The topological polar surface area (TPSA) is 40.5 Å². The fourth-order valence-electron chi connectivity index (χ4n) is 2.33. The molecule has 0 radical (unpaired) electrons. The summed E-state index contributed by atoms with van der Waals surface area (Å²) in [7, 11) is 1.00. The van der Waals surface area contributed by atoms with E-state index in [4.69, 9.17) is 5.11 Å². The number of rotatable bonds is 3. The van der Waals surface area contributed by atoms with Crippen LogP contribution in [0.25, 0.3) is 0 Å². The first-order chi connectivity index (χ1) is 11.9. The largest absolute Gasteiger partial charge is 0.508 e. The minimum Gasteiger partial charge on any atom is -0.508 e. The first-order valence-corrected chi connectivity index (χ1v) is 9.26. The molecule has 0 fully saturated rings. The van der Waals surface area contributed by atoms with E-state index in [2.05, 4.69) is 52.0 Å². The Balaban J connectivity index is 0. The fourth-order valence-corrected chi connectivity index (χ4v) is 2.33. The maximum Gasteiger partial charge on any atom is 0.115 e. The highest BCUT2D eigenvalue weighted by Crippen LogP contribution is 2.32. The highest BCUT2D eigenvalue weighted by molar-refractivity contribution is 5.40. The van der Waals surface area contributed by atoms with Gasteiger partial charge < -0.3 is 10.2 Å². The Morgan fingerprint density at radius 2 is 1.00 bits per heavy atom. The van der Waals surface area contributed by atoms with Crippen LogP contribution < -0.4 is 0 Å². The van der Waals surface area contributed by atoms with Gasteiger partial charge in [0.2, 0.25) is 0 Å². The third-order valence-electron chi connectivity index (χ3n) is 3.89. The van der Waals surface area contributed by atoms with Crippen LogP contribution >= 0.6 is 0 Å². The van der Waals surface area contributed by atoms with E-state index in [9.17, 15) is 5.11 Å². The first kappa shape index (κ1) is 25.4. The Hall–Kier alpha value is -1.80. The number of aliphatic hydroxyl groups excluding tert-OH is 1. The molecule has 142 valence electrons. The second kappa shape index (κ2) is 13.5. The van der Waals surface area contributed by atoms with Gasteiger partial charge in [0.15, 0.2) is 0 Å². The fraction of sp³-hybridized carbons (Fsp3) is 0.478. The first-order valence-electron chi connectivity index (χ1n) is 9.26. The molecule has 0 heterocycles. The average molecular weight is 347 g/mol. The lowest BCUT2D eigenvalue weighted by Gasteiger charge is -2.26. The zero-order valence-corrected chi connectivity index (χ0v) is 17.6. The molecule has 2 nitrogen and oxygen atoms in total. The third kappa shape index (κ3) is 7.74. The second-order valence-electron chi connectivity index (χ2n) is 5.95. The Bertz CT molecular complexity index is 537. The van der Waals surface area contributed by atoms with Crippen molar-refractivity contribution in [3.8, 4) is 5.75 Å². The van der Waals surface area contributed by atoms with Crippen LogP contribution in [0.1, 0.15) is 78.0 Å². The van der Waals surface area contributed by atoms with Crippen LogP contribution in [0.3, 0.4) is 0 Å². The summed E-state index contributed by atoms with van der Waals surface area (Å²) in [5.74, 6) is 0.876. The summed E-state index contributed by atoms with van der Waals surface area (Å²) in [5, 5.41) is 16.4. The van der Waals surface area contributed by atoms with Gasteiger partial charge in [-0.2, -0.15) is 0 Å². The van der Waals surface area contributed by atoms with Gasteiger partial charge in [-0.15, -0.1) is 0 Å². The van der Waals surface area contributed by atoms with Crippen molar-refractivity contribution < 1.29 is 10.2 Å². The monoisotopic (exact) mass is 346 g/mol. The van der Waals surface area contributed by atoms with E-state index in [1.807, 2.05) is 39.8 Å². The predicted octanol–water partition coefficient (Wildman–Crippen LogP) is 6.50. The molecule has 2 N–H and O–H groups in total. The molecule has 0 aliphatic carbocycles. The van der Waals surface area contributed by atoms with Crippen molar-refractivity contribution in [1.82, 2.24) is 0 Å². The van der Waals surface area contributed by atoms with Gasteiger partial charge in [-0.05, 0) is 34.7 Å². The lowest BCUT2D eigenvalue weighted by molar-refractivity contribution is 0.399. The van der Waals surface area contributed by atoms with Crippen molar-refractivity contribution in [2.45, 2.75) is 66.7 Å². The van der Waals surface area contributed by atoms with Crippen LogP contribution in [-0.2, 0) is 5.41 Å². The molecule has 0 saturated heterocycles. The van der Waals surface area contributed by atoms with Gasteiger partial charge in [0.05, 0.1) is 0 Å². The van der Waals surface area contributed by atoms with Crippen molar-refractivity contribution >= 4 is 0 Å². The Labute approximate surface area is 155 Å². The molecule has 2 aromatic carbocycles. The Kier molecular flexibility index (Phi) is 13.7. The van der Waals surface area contributed by atoms with E-state index in [1.54, 1.807) is 12.1 Å². The average Bonchev–Trinajstić information content (AvgIpc) is 2.67. The molecule has 25 heavy (non-hydrogen) atoms. The van der Waals surface area contributed by atoms with Crippen LogP contribution in [0.2, 0.25) is 0 Å². The van der Waals surface area contributed by atoms with E-state index >= 15 is 0 Å². The van der Waals surface area contributed by atoms with Gasteiger partial charge in [0.1, 0.15) is 5.75 Å². The molecule has 0 saturated carbocycles.